The summed E-state index contributed by atoms with van der Waals surface area (Å²) >= 11 is 1.84. The molecular formula is C23H30N2S. The van der Waals surface area contributed by atoms with Crippen molar-refractivity contribution in [2.45, 2.75) is 39.8 Å². The van der Waals surface area contributed by atoms with Gasteiger partial charge in [0.2, 0.25) is 0 Å². The molecule has 0 radical (unpaired) electrons. The molecule has 1 aromatic carbocycles. The molecule has 1 unspecified atom stereocenters. The molecule has 1 atom stereocenters. The van der Waals surface area contributed by atoms with E-state index in [1.165, 1.54) is 38.2 Å². The van der Waals surface area contributed by atoms with Crippen LogP contribution < -0.4 is 0 Å². The van der Waals surface area contributed by atoms with Gasteiger partial charge in [0.15, 0.2) is 0 Å². The third-order valence-electron chi connectivity index (χ3n) is 5.30. The number of fused-ring (bicyclic) bond motifs is 3. The topological polar surface area (TPSA) is 8.17 Å². The van der Waals surface area contributed by atoms with Crippen LogP contribution in [0.25, 0.3) is 10.9 Å². The van der Waals surface area contributed by atoms with Crippen molar-refractivity contribution in [2.75, 3.05) is 19.8 Å². The van der Waals surface area contributed by atoms with E-state index < -0.39 is 0 Å². The number of likely N-dealkylation sites (N-methyl/N-ethyl adjacent to an activating group) is 1. The molecule has 0 spiro atoms. The van der Waals surface area contributed by atoms with Crippen LogP contribution in [0.5, 0.6) is 0 Å². The van der Waals surface area contributed by atoms with E-state index in [9.17, 15) is 0 Å². The Kier molecular flexibility index (Phi) is 5.79. The highest BCUT2D eigenvalue weighted by molar-refractivity contribution is 8.02. The molecule has 0 saturated heterocycles. The molecule has 0 saturated carbocycles. The van der Waals surface area contributed by atoms with Gasteiger partial charge in [-0.15, -0.1) is 11.8 Å². The number of aromatic nitrogens is 1. The van der Waals surface area contributed by atoms with Crippen molar-refractivity contribution in [3.05, 3.63) is 70.3 Å². The van der Waals surface area contributed by atoms with Gasteiger partial charge in [-0.25, -0.2) is 0 Å². The Morgan fingerprint density at radius 2 is 1.96 bits per heavy atom. The van der Waals surface area contributed by atoms with E-state index in [1.807, 2.05) is 31.7 Å². The summed E-state index contributed by atoms with van der Waals surface area (Å²) in [6.45, 7) is 13.3. The lowest BCUT2D eigenvalue weighted by Gasteiger charge is -2.34. The predicted octanol–water partition coefficient (Wildman–Crippen LogP) is 5.96. The summed E-state index contributed by atoms with van der Waals surface area (Å²) in [7, 11) is 2.23. The molecule has 0 bridgehead atoms. The first kappa shape index (κ1) is 19.1. The molecule has 3 heteroatoms. The number of rotatable bonds is 3. The summed E-state index contributed by atoms with van der Waals surface area (Å²) < 4.78 is 2.56. The van der Waals surface area contributed by atoms with Gasteiger partial charge < -0.3 is 9.47 Å². The maximum atomic E-state index is 3.97. The first-order valence-corrected chi connectivity index (χ1v) is 10.7. The van der Waals surface area contributed by atoms with Crippen LogP contribution in [-0.2, 0) is 13.1 Å². The lowest BCUT2D eigenvalue weighted by molar-refractivity contribution is 0.291. The van der Waals surface area contributed by atoms with Gasteiger partial charge in [-0.05, 0) is 43.0 Å². The molecule has 0 N–H and O–H groups in total. The minimum Gasteiger partial charge on any atom is -0.339 e. The molecule has 3 heterocycles. The summed E-state index contributed by atoms with van der Waals surface area (Å²) in [4.78, 5) is 3.83. The highest BCUT2D eigenvalue weighted by Gasteiger charge is 2.32. The fourth-order valence-corrected chi connectivity index (χ4v) is 5.10. The summed E-state index contributed by atoms with van der Waals surface area (Å²) in [5.74, 6) is 0.481. The SMILES string of the molecule is C=C/C(C)=C(\SC)C1=CC2CN(C)Cc3c2n(c2ccccc32)C1.CC. The largest absolute Gasteiger partial charge is 0.339 e. The lowest BCUT2D eigenvalue weighted by Crippen LogP contribution is -2.32. The van der Waals surface area contributed by atoms with Gasteiger partial charge in [0.25, 0.3) is 0 Å². The van der Waals surface area contributed by atoms with Gasteiger partial charge in [0.05, 0.1) is 0 Å². The van der Waals surface area contributed by atoms with Crippen LogP contribution in [0.2, 0.25) is 0 Å². The second-order valence-corrected chi connectivity index (χ2v) is 7.70. The normalized spacial score (nSPS) is 19.9. The van der Waals surface area contributed by atoms with Crippen molar-refractivity contribution in [3.63, 3.8) is 0 Å². The fourth-order valence-electron chi connectivity index (χ4n) is 4.30. The molecule has 2 nitrogen and oxygen atoms in total. The quantitative estimate of drug-likeness (QED) is 0.619. The van der Waals surface area contributed by atoms with Crippen molar-refractivity contribution >= 4 is 22.7 Å². The molecule has 1 aromatic heterocycles. The number of nitrogens with zero attached hydrogens (tertiary/aromatic N) is 2. The highest BCUT2D eigenvalue weighted by atomic mass is 32.2. The standard InChI is InChI=1S/C21H24N2S.C2H6/c1-5-14(2)21(24-4)16-10-15-11-22(3)13-18-17-8-6-7-9-19(17)23(12-16)20(15)18;1-2/h5-10,15H,1,11-13H2,2-4H3;1-2H3/b21-14-;. The molecular weight excluding hydrogens is 336 g/mol. The molecule has 2 aromatic rings. The van der Waals surface area contributed by atoms with E-state index in [0.717, 1.165) is 19.6 Å². The molecule has 0 aliphatic carbocycles. The number of thioether (sulfide) groups is 1. The number of hydrogen-bond donors (Lipinski definition) is 0. The van der Waals surface area contributed by atoms with Crippen LogP contribution in [0, 0.1) is 0 Å². The number of para-hydroxylation sites is 1. The van der Waals surface area contributed by atoms with E-state index in [2.05, 4.69) is 66.6 Å². The van der Waals surface area contributed by atoms with Gasteiger partial charge in [0.1, 0.15) is 0 Å². The molecule has 138 valence electrons. The maximum absolute atomic E-state index is 3.97. The van der Waals surface area contributed by atoms with Crippen LogP contribution in [-0.4, -0.2) is 29.3 Å². The van der Waals surface area contributed by atoms with E-state index in [0.29, 0.717) is 5.92 Å². The van der Waals surface area contributed by atoms with Crippen molar-refractivity contribution in [2.24, 2.45) is 0 Å². The number of benzene rings is 1. The van der Waals surface area contributed by atoms with Crippen LogP contribution >= 0.6 is 11.8 Å². The van der Waals surface area contributed by atoms with E-state index in [1.54, 1.807) is 0 Å². The van der Waals surface area contributed by atoms with E-state index in [4.69, 9.17) is 0 Å². The summed E-state index contributed by atoms with van der Waals surface area (Å²) in [6, 6.07) is 8.88. The first-order chi connectivity index (χ1) is 12.6. The van der Waals surface area contributed by atoms with Gasteiger partial charge in [-0.1, -0.05) is 50.8 Å². The molecule has 0 amide bonds. The van der Waals surface area contributed by atoms with Crippen molar-refractivity contribution in [1.82, 2.24) is 9.47 Å². The Morgan fingerprint density at radius 1 is 1.23 bits per heavy atom. The van der Waals surface area contributed by atoms with Gasteiger partial charge in [-0.3, -0.25) is 0 Å². The molecule has 0 fully saturated rings. The Hall–Kier alpha value is -1.71. The summed E-state index contributed by atoms with van der Waals surface area (Å²) in [6.07, 6.45) is 6.66. The first-order valence-electron chi connectivity index (χ1n) is 9.51. The number of hydrogen-bond acceptors (Lipinski definition) is 2. The third-order valence-corrected chi connectivity index (χ3v) is 6.29. The maximum Gasteiger partial charge on any atom is 0.0489 e. The molecule has 2 aliphatic rings. The number of allylic oxidation sites excluding steroid dienone is 3. The van der Waals surface area contributed by atoms with Crippen LogP contribution in [0.1, 0.15) is 37.9 Å². The second-order valence-electron chi connectivity index (χ2n) is 6.88. The Labute approximate surface area is 162 Å². The van der Waals surface area contributed by atoms with Gasteiger partial charge in [-0.2, -0.15) is 0 Å². The monoisotopic (exact) mass is 366 g/mol. The smallest absolute Gasteiger partial charge is 0.0489 e. The second kappa shape index (κ2) is 7.89. The minimum atomic E-state index is 0.481. The van der Waals surface area contributed by atoms with E-state index in [-0.39, 0.29) is 0 Å². The highest BCUT2D eigenvalue weighted by Crippen LogP contribution is 2.42. The average Bonchev–Trinajstić information content (AvgIpc) is 2.98. The minimum absolute atomic E-state index is 0.481. The zero-order valence-corrected chi connectivity index (χ0v) is 17.5. The fraction of sp³-hybridized carbons (Fsp3) is 0.391. The Balaban J connectivity index is 0.000000948. The van der Waals surface area contributed by atoms with Gasteiger partial charge in [0, 0.05) is 47.1 Å². The zero-order valence-electron chi connectivity index (χ0n) is 16.7. The molecule has 2 aliphatic heterocycles. The third kappa shape index (κ3) is 3.08. The van der Waals surface area contributed by atoms with E-state index >= 15 is 0 Å². The van der Waals surface area contributed by atoms with Crippen molar-refractivity contribution in [1.29, 1.82) is 0 Å². The predicted molar refractivity (Wildman–Crippen MR) is 117 cm³/mol. The zero-order chi connectivity index (χ0) is 18.8. The Morgan fingerprint density at radius 3 is 2.65 bits per heavy atom. The Bertz CT molecular complexity index is 885. The van der Waals surface area contributed by atoms with Crippen LogP contribution in [0.4, 0.5) is 0 Å². The lowest BCUT2D eigenvalue weighted by atomic mass is 9.90. The van der Waals surface area contributed by atoms with Crippen molar-refractivity contribution in [3.8, 4) is 0 Å². The van der Waals surface area contributed by atoms with Crippen molar-refractivity contribution < 1.29 is 0 Å². The average molecular weight is 367 g/mol. The van der Waals surface area contributed by atoms with Gasteiger partial charge >= 0.3 is 0 Å². The van der Waals surface area contributed by atoms with Crippen LogP contribution in [0.15, 0.2) is 59.0 Å². The summed E-state index contributed by atoms with van der Waals surface area (Å²) in [5.41, 5.74) is 7.16. The summed E-state index contributed by atoms with van der Waals surface area (Å²) in [5, 5.41) is 1.42. The van der Waals surface area contributed by atoms with Crippen LogP contribution in [0.3, 0.4) is 0 Å². The molecule has 4 rings (SSSR count). The molecule has 26 heavy (non-hydrogen) atoms.